The van der Waals surface area contributed by atoms with Crippen LogP contribution in [0.4, 0.5) is 0 Å². The van der Waals surface area contributed by atoms with E-state index in [4.69, 9.17) is 9.56 Å². The van der Waals surface area contributed by atoms with Crippen LogP contribution in [0.1, 0.15) is 22.5 Å². The molecular weight excluding hydrogens is 390 g/mol. The van der Waals surface area contributed by atoms with Gasteiger partial charge >= 0.3 is 0 Å². The van der Waals surface area contributed by atoms with E-state index in [1.165, 1.54) is 24.5 Å². The Morgan fingerprint density at radius 2 is 1.93 bits per heavy atom. The molecule has 0 saturated heterocycles. The summed E-state index contributed by atoms with van der Waals surface area (Å²) < 4.78 is 27.6. The van der Waals surface area contributed by atoms with Gasteiger partial charge in [0.25, 0.3) is 5.91 Å². The molecule has 8 nitrogen and oxygen atoms in total. The maximum atomic E-state index is 12.5. The molecule has 1 heterocycles. The molecule has 0 aliphatic carbocycles. The van der Waals surface area contributed by atoms with E-state index < -0.39 is 22.0 Å². The third-order valence-electron chi connectivity index (χ3n) is 3.70. The Morgan fingerprint density at radius 3 is 2.48 bits per heavy atom. The predicted molar refractivity (Wildman–Crippen MR) is 103 cm³/mol. The molecule has 0 aliphatic heterocycles. The maximum Gasteiger partial charge on any atom is 0.287 e. The highest BCUT2D eigenvalue weighted by Gasteiger charge is 2.22. The summed E-state index contributed by atoms with van der Waals surface area (Å²) in [6, 6.07) is 8.29. The number of sulfonamides is 1. The second-order valence-electron chi connectivity index (χ2n) is 5.69. The molecule has 0 bridgehead atoms. The number of furan rings is 1. The van der Waals surface area contributed by atoms with E-state index in [-0.39, 0.29) is 23.1 Å². The van der Waals surface area contributed by atoms with Crippen LogP contribution in [-0.4, -0.2) is 38.3 Å². The SMILES string of the molecule is CSCC[C@@H](NC(=O)c1ccco1)C(=O)NCc1ccc(S(N)(=O)=O)cc1. The summed E-state index contributed by atoms with van der Waals surface area (Å²) in [5.74, 6) is 0.0355. The molecule has 10 heteroatoms. The van der Waals surface area contributed by atoms with Gasteiger partial charge in [-0.25, -0.2) is 13.6 Å². The zero-order valence-electron chi connectivity index (χ0n) is 14.7. The number of nitrogens with two attached hydrogens (primary N) is 1. The molecule has 4 N–H and O–H groups in total. The summed E-state index contributed by atoms with van der Waals surface area (Å²) in [6.45, 7) is 0.191. The Labute approximate surface area is 161 Å². The first-order chi connectivity index (χ1) is 12.8. The fourth-order valence-corrected chi connectivity index (χ4v) is 3.24. The smallest absolute Gasteiger partial charge is 0.287 e. The van der Waals surface area contributed by atoms with Gasteiger partial charge in [-0.1, -0.05) is 12.1 Å². The first-order valence-corrected chi connectivity index (χ1v) is 11.0. The first kappa shape index (κ1) is 21.0. The van der Waals surface area contributed by atoms with E-state index in [9.17, 15) is 18.0 Å². The van der Waals surface area contributed by atoms with Crippen molar-refractivity contribution < 1.29 is 22.4 Å². The number of rotatable bonds is 9. The van der Waals surface area contributed by atoms with Crippen LogP contribution in [0.3, 0.4) is 0 Å². The zero-order valence-corrected chi connectivity index (χ0v) is 16.3. The Balaban J connectivity index is 1.97. The molecule has 0 radical (unpaired) electrons. The van der Waals surface area contributed by atoms with Gasteiger partial charge in [-0.2, -0.15) is 11.8 Å². The van der Waals surface area contributed by atoms with Gasteiger partial charge in [-0.05, 0) is 48.3 Å². The van der Waals surface area contributed by atoms with Crippen molar-refractivity contribution in [1.29, 1.82) is 0 Å². The fraction of sp³-hybridized carbons (Fsp3) is 0.294. The van der Waals surface area contributed by atoms with Crippen molar-refractivity contribution in [3.05, 3.63) is 54.0 Å². The van der Waals surface area contributed by atoms with Crippen LogP contribution >= 0.6 is 11.8 Å². The Bertz CT molecular complexity index is 864. The molecule has 1 aromatic heterocycles. The minimum absolute atomic E-state index is 0.00105. The Hall–Kier alpha value is -2.30. The van der Waals surface area contributed by atoms with Crippen LogP contribution < -0.4 is 15.8 Å². The number of amides is 2. The molecule has 2 rings (SSSR count). The number of benzene rings is 1. The number of nitrogens with one attached hydrogen (secondary N) is 2. The molecule has 0 spiro atoms. The molecule has 27 heavy (non-hydrogen) atoms. The highest BCUT2D eigenvalue weighted by Crippen LogP contribution is 2.09. The summed E-state index contributed by atoms with van der Waals surface area (Å²) in [7, 11) is -3.76. The molecule has 0 saturated carbocycles. The van der Waals surface area contributed by atoms with Crippen molar-refractivity contribution in [3.63, 3.8) is 0 Å². The lowest BCUT2D eigenvalue weighted by Crippen LogP contribution is -2.46. The van der Waals surface area contributed by atoms with Crippen LogP contribution in [-0.2, 0) is 21.4 Å². The lowest BCUT2D eigenvalue weighted by molar-refractivity contribution is -0.123. The van der Waals surface area contributed by atoms with E-state index in [2.05, 4.69) is 10.6 Å². The number of carbonyl (C=O) groups is 2. The van der Waals surface area contributed by atoms with Gasteiger partial charge in [0.2, 0.25) is 15.9 Å². The van der Waals surface area contributed by atoms with E-state index >= 15 is 0 Å². The third kappa shape index (κ3) is 6.42. The van der Waals surface area contributed by atoms with Crippen molar-refractivity contribution in [1.82, 2.24) is 10.6 Å². The number of thioether (sulfide) groups is 1. The summed E-state index contributed by atoms with van der Waals surface area (Å²) in [4.78, 5) is 24.6. The summed E-state index contributed by atoms with van der Waals surface area (Å²) in [5.41, 5.74) is 0.705. The van der Waals surface area contributed by atoms with Crippen molar-refractivity contribution in [2.45, 2.75) is 23.9 Å². The lowest BCUT2D eigenvalue weighted by Gasteiger charge is -2.17. The standard InChI is InChI=1S/C17H21N3O5S2/c1-26-10-8-14(20-17(22)15-3-2-9-25-15)16(21)19-11-12-4-6-13(7-5-12)27(18,23)24/h2-7,9,14H,8,10-11H2,1H3,(H,19,21)(H,20,22)(H2,18,23,24)/t14-/m1/s1. The fourth-order valence-electron chi connectivity index (χ4n) is 2.25. The third-order valence-corrected chi connectivity index (χ3v) is 5.27. The monoisotopic (exact) mass is 411 g/mol. The van der Waals surface area contributed by atoms with Gasteiger partial charge in [0, 0.05) is 6.54 Å². The van der Waals surface area contributed by atoms with E-state index in [1.807, 2.05) is 6.26 Å². The zero-order chi connectivity index (χ0) is 19.9. The van der Waals surface area contributed by atoms with Gasteiger partial charge < -0.3 is 15.1 Å². The molecule has 1 atom stereocenters. The van der Waals surface area contributed by atoms with Crippen molar-refractivity contribution in [2.75, 3.05) is 12.0 Å². The van der Waals surface area contributed by atoms with Crippen LogP contribution in [0.2, 0.25) is 0 Å². The molecule has 0 unspecified atom stereocenters. The van der Waals surface area contributed by atoms with Crippen LogP contribution in [0.15, 0.2) is 52.0 Å². The average molecular weight is 412 g/mol. The second-order valence-corrected chi connectivity index (χ2v) is 8.24. The molecule has 0 fully saturated rings. The normalized spacial score (nSPS) is 12.4. The second kappa shape index (κ2) is 9.58. The number of carbonyl (C=O) groups excluding carboxylic acids is 2. The summed E-state index contributed by atoms with van der Waals surface area (Å²) in [6.07, 6.45) is 3.76. The highest BCUT2D eigenvalue weighted by molar-refractivity contribution is 7.98. The molecule has 0 aliphatic rings. The minimum Gasteiger partial charge on any atom is -0.459 e. The first-order valence-electron chi connectivity index (χ1n) is 8.04. The number of hydrogen-bond acceptors (Lipinski definition) is 6. The maximum absolute atomic E-state index is 12.5. The van der Waals surface area contributed by atoms with Gasteiger partial charge in [-0.15, -0.1) is 0 Å². The van der Waals surface area contributed by atoms with Crippen molar-refractivity contribution >= 4 is 33.6 Å². The van der Waals surface area contributed by atoms with E-state index in [0.29, 0.717) is 17.7 Å². The highest BCUT2D eigenvalue weighted by atomic mass is 32.2. The molecule has 2 amide bonds. The lowest BCUT2D eigenvalue weighted by atomic mass is 10.2. The van der Waals surface area contributed by atoms with Crippen molar-refractivity contribution in [2.24, 2.45) is 5.14 Å². The van der Waals surface area contributed by atoms with Gasteiger partial charge in [0.15, 0.2) is 5.76 Å². The van der Waals surface area contributed by atoms with E-state index in [1.54, 1.807) is 30.0 Å². The predicted octanol–water partition coefficient (Wildman–Crippen LogP) is 1.09. The molecule has 1 aromatic carbocycles. The van der Waals surface area contributed by atoms with Gasteiger partial charge in [-0.3, -0.25) is 9.59 Å². The van der Waals surface area contributed by atoms with Crippen LogP contribution in [0.5, 0.6) is 0 Å². The summed E-state index contributed by atoms with van der Waals surface area (Å²) >= 11 is 1.57. The van der Waals surface area contributed by atoms with E-state index in [0.717, 1.165) is 0 Å². The molecular formula is C17H21N3O5S2. The minimum atomic E-state index is -3.76. The molecule has 146 valence electrons. The Kier molecular flexibility index (Phi) is 7.45. The van der Waals surface area contributed by atoms with Crippen LogP contribution in [0.25, 0.3) is 0 Å². The van der Waals surface area contributed by atoms with Crippen molar-refractivity contribution in [3.8, 4) is 0 Å². The van der Waals surface area contributed by atoms with Crippen LogP contribution in [0, 0.1) is 0 Å². The summed E-state index contributed by atoms with van der Waals surface area (Å²) in [5, 5.41) is 10.5. The number of primary sulfonamides is 1. The largest absolute Gasteiger partial charge is 0.459 e. The average Bonchev–Trinajstić information content (AvgIpc) is 3.17. The van der Waals surface area contributed by atoms with Gasteiger partial charge in [0.05, 0.1) is 11.2 Å². The number of hydrogen-bond donors (Lipinski definition) is 3. The van der Waals surface area contributed by atoms with Gasteiger partial charge in [0.1, 0.15) is 6.04 Å². The Morgan fingerprint density at radius 1 is 1.22 bits per heavy atom. The molecule has 2 aromatic rings. The topological polar surface area (TPSA) is 132 Å². The quantitative estimate of drug-likeness (QED) is 0.566.